The summed E-state index contributed by atoms with van der Waals surface area (Å²) in [5.74, 6) is -0.181. The lowest BCUT2D eigenvalue weighted by atomic mass is 9.93. The zero-order chi connectivity index (χ0) is 18.2. The fourth-order valence-corrected chi connectivity index (χ4v) is 4.90. The van der Waals surface area contributed by atoms with Gasteiger partial charge < -0.3 is 15.5 Å². The summed E-state index contributed by atoms with van der Waals surface area (Å²) in [4.78, 5) is 13.5. The van der Waals surface area contributed by atoms with Gasteiger partial charge in [0, 0.05) is 39.8 Å². The van der Waals surface area contributed by atoms with E-state index in [1.54, 1.807) is 25.2 Å². The van der Waals surface area contributed by atoms with E-state index in [9.17, 15) is 23.4 Å². The van der Waals surface area contributed by atoms with Gasteiger partial charge in [0.25, 0.3) is 0 Å². The minimum absolute atomic E-state index is 0.0523. The Morgan fingerprint density at radius 3 is 2.52 bits per heavy atom. The number of sulfonamides is 1. The number of hydrogen-bond donors (Lipinski definition) is 3. The average molecular weight is 369 g/mol. The summed E-state index contributed by atoms with van der Waals surface area (Å²) in [5.41, 5.74) is -1.55. The number of amides is 1. The van der Waals surface area contributed by atoms with E-state index in [-0.39, 0.29) is 36.4 Å². The minimum atomic E-state index is -3.76. The lowest BCUT2D eigenvalue weighted by molar-refractivity contribution is -0.133. The summed E-state index contributed by atoms with van der Waals surface area (Å²) in [6.07, 6.45) is -1.18. The molecule has 3 rings (SSSR count). The Hall–Kier alpha value is -1.52. The van der Waals surface area contributed by atoms with Crippen LogP contribution in [0.5, 0.6) is 0 Å². The van der Waals surface area contributed by atoms with Crippen molar-refractivity contribution in [3.05, 3.63) is 30.3 Å². The highest BCUT2D eigenvalue weighted by Crippen LogP contribution is 2.30. The van der Waals surface area contributed by atoms with Crippen LogP contribution in [0.25, 0.3) is 0 Å². The summed E-state index contributed by atoms with van der Waals surface area (Å²) in [6, 6.07) is 7.96. The van der Waals surface area contributed by atoms with Gasteiger partial charge in [-0.3, -0.25) is 9.69 Å². The van der Waals surface area contributed by atoms with Crippen LogP contribution >= 0.6 is 0 Å². The quantitative estimate of drug-likeness (QED) is 0.580. The number of benzene rings is 1. The molecule has 8 nitrogen and oxygen atoms in total. The molecule has 1 aromatic carbocycles. The number of β-amino-alcohol motifs (C(OH)–C–C–N with tert-alkyl or cyclic N) is 2. The maximum Gasteiger partial charge on any atom is 0.243 e. The standard InChI is InChI=1S/C16H23N3O5S/c1-17-15(21)12-7-18(8-12)10-16(22)11-19(9-14(16)20)25(23,24)13-5-3-2-4-6-13/h2-6,12,14,20,22H,7-11H2,1H3,(H,17,21)/t14-,16+/m1/s1. The topological polar surface area (TPSA) is 110 Å². The second-order valence-electron chi connectivity index (χ2n) is 6.74. The Morgan fingerprint density at radius 2 is 1.92 bits per heavy atom. The van der Waals surface area contributed by atoms with Gasteiger partial charge >= 0.3 is 0 Å². The van der Waals surface area contributed by atoms with Crippen LogP contribution in [0.3, 0.4) is 0 Å². The molecule has 2 aliphatic rings. The van der Waals surface area contributed by atoms with Crippen molar-refractivity contribution in [2.75, 3.05) is 39.8 Å². The Balaban J connectivity index is 1.66. The van der Waals surface area contributed by atoms with Crippen LogP contribution in [0.15, 0.2) is 35.2 Å². The van der Waals surface area contributed by atoms with Crippen LogP contribution < -0.4 is 5.32 Å². The first-order valence-electron chi connectivity index (χ1n) is 8.16. The van der Waals surface area contributed by atoms with E-state index >= 15 is 0 Å². The second-order valence-corrected chi connectivity index (χ2v) is 8.67. The van der Waals surface area contributed by atoms with Crippen molar-refractivity contribution in [3.8, 4) is 0 Å². The minimum Gasteiger partial charge on any atom is -0.389 e. The van der Waals surface area contributed by atoms with Crippen molar-refractivity contribution in [3.63, 3.8) is 0 Å². The number of nitrogens with one attached hydrogen (secondary N) is 1. The van der Waals surface area contributed by atoms with Gasteiger partial charge in [-0.15, -0.1) is 0 Å². The lowest BCUT2D eigenvalue weighted by Crippen LogP contribution is -2.60. The highest BCUT2D eigenvalue weighted by atomic mass is 32.2. The zero-order valence-corrected chi connectivity index (χ0v) is 14.8. The van der Waals surface area contributed by atoms with Crippen LogP contribution in [-0.2, 0) is 14.8 Å². The molecule has 2 aliphatic heterocycles. The molecule has 2 saturated heterocycles. The summed E-state index contributed by atoms with van der Waals surface area (Å²) >= 11 is 0. The molecule has 0 spiro atoms. The number of rotatable bonds is 5. The highest BCUT2D eigenvalue weighted by molar-refractivity contribution is 7.89. The van der Waals surface area contributed by atoms with Gasteiger partial charge in [0.05, 0.1) is 16.9 Å². The zero-order valence-electron chi connectivity index (χ0n) is 14.0. The van der Waals surface area contributed by atoms with Gasteiger partial charge in [0.1, 0.15) is 5.60 Å². The largest absolute Gasteiger partial charge is 0.389 e. The fraction of sp³-hybridized carbons (Fsp3) is 0.562. The van der Waals surface area contributed by atoms with Gasteiger partial charge in [-0.2, -0.15) is 4.31 Å². The Kier molecular flexibility index (Phi) is 4.86. The molecule has 1 amide bonds. The second kappa shape index (κ2) is 6.65. The maximum atomic E-state index is 12.7. The van der Waals surface area contributed by atoms with E-state index in [1.807, 2.05) is 4.90 Å². The molecule has 2 fully saturated rings. The third kappa shape index (κ3) is 3.42. The first-order valence-corrected chi connectivity index (χ1v) is 9.60. The molecule has 25 heavy (non-hydrogen) atoms. The van der Waals surface area contributed by atoms with Crippen molar-refractivity contribution in [1.29, 1.82) is 0 Å². The Morgan fingerprint density at radius 1 is 1.28 bits per heavy atom. The lowest BCUT2D eigenvalue weighted by Gasteiger charge is -2.42. The number of aliphatic hydroxyl groups is 2. The van der Waals surface area contributed by atoms with Crippen LogP contribution in [0.1, 0.15) is 0 Å². The van der Waals surface area contributed by atoms with Crippen molar-refractivity contribution < 1.29 is 23.4 Å². The fourth-order valence-electron chi connectivity index (χ4n) is 3.37. The van der Waals surface area contributed by atoms with E-state index in [4.69, 9.17) is 0 Å². The maximum absolute atomic E-state index is 12.7. The predicted molar refractivity (Wildman–Crippen MR) is 90.2 cm³/mol. The molecule has 9 heteroatoms. The average Bonchev–Trinajstić information content (AvgIpc) is 2.87. The summed E-state index contributed by atoms with van der Waals surface area (Å²) < 4.78 is 26.4. The molecule has 0 aliphatic carbocycles. The molecule has 1 aromatic rings. The molecular formula is C16H23N3O5S. The normalized spacial score (nSPS) is 28.7. The SMILES string of the molecule is CNC(=O)C1CN(C[C@]2(O)CN(S(=O)(=O)c3ccccc3)C[C@H]2O)C1. The van der Waals surface area contributed by atoms with E-state index < -0.39 is 21.7 Å². The molecule has 0 radical (unpaired) electrons. The number of aliphatic hydroxyl groups excluding tert-OH is 1. The molecule has 0 saturated carbocycles. The van der Waals surface area contributed by atoms with Gasteiger partial charge in [-0.05, 0) is 12.1 Å². The van der Waals surface area contributed by atoms with Crippen LogP contribution in [0, 0.1) is 5.92 Å². The molecule has 0 unspecified atom stereocenters. The third-order valence-electron chi connectivity index (χ3n) is 4.90. The summed E-state index contributed by atoms with van der Waals surface area (Å²) in [7, 11) is -2.19. The van der Waals surface area contributed by atoms with Crippen molar-refractivity contribution in [2.24, 2.45) is 5.92 Å². The first-order chi connectivity index (χ1) is 11.8. The van der Waals surface area contributed by atoms with E-state index in [0.717, 1.165) is 4.31 Å². The van der Waals surface area contributed by atoms with E-state index in [0.29, 0.717) is 13.1 Å². The molecule has 0 aromatic heterocycles. The number of nitrogens with zero attached hydrogens (tertiary/aromatic N) is 2. The number of carbonyl (C=O) groups excluding carboxylic acids is 1. The van der Waals surface area contributed by atoms with Crippen molar-refractivity contribution in [2.45, 2.75) is 16.6 Å². The van der Waals surface area contributed by atoms with Crippen LogP contribution in [0.4, 0.5) is 0 Å². The number of hydrogen-bond acceptors (Lipinski definition) is 6. The monoisotopic (exact) mass is 369 g/mol. The van der Waals surface area contributed by atoms with E-state index in [1.165, 1.54) is 12.1 Å². The van der Waals surface area contributed by atoms with Gasteiger partial charge in [0.15, 0.2) is 0 Å². The molecule has 2 atom stereocenters. The van der Waals surface area contributed by atoms with Gasteiger partial charge in [0.2, 0.25) is 15.9 Å². The van der Waals surface area contributed by atoms with Crippen molar-refractivity contribution >= 4 is 15.9 Å². The number of carbonyl (C=O) groups is 1. The Labute approximate surface area is 147 Å². The molecular weight excluding hydrogens is 346 g/mol. The molecule has 3 N–H and O–H groups in total. The summed E-state index contributed by atoms with van der Waals surface area (Å²) in [6.45, 7) is 0.774. The molecule has 2 heterocycles. The van der Waals surface area contributed by atoms with Gasteiger partial charge in [-0.1, -0.05) is 18.2 Å². The third-order valence-corrected chi connectivity index (χ3v) is 6.73. The van der Waals surface area contributed by atoms with Gasteiger partial charge in [-0.25, -0.2) is 8.42 Å². The van der Waals surface area contributed by atoms with Crippen LogP contribution in [-0.4, -0.2) is 85.2 Å². The van der Waals surface area contributed by atoms with Crippen LogP contribution in [0.2, 0.25) is 0 Å². The summed E-state index contributed by atoms with van der Waals surface area (Å²) in [5, 5.41) is 23.6. The van der Waals surface area contributed by atoms with Crippen molar-refractivity contribution in [1.82, 2.24) is 14.5 Å². The highest BCUT2D eigenvalue weighted by Gasteiger charge is 2.50. The Bertz CT molecular complexity index is 735. The predicted octanol–water partition coefficient (Wildman–Crippen LogP) is -1.54. The number of likely N-dealkylation sites (tertiary alicyclic amines) is 1. The first kappa shape index (κ1) is 18.3. The van der Waals surface area contributed by atoms with E-state index in [2.05, 4.69) is 5.32 Å². The molecule has 138 valence electrons. The molecule has 0 bridgehead atoms. The smallest absolute Gasteiger partial charge is 0.243 e.